The molecule has 0 aliphatic rings. The Bertz CT molecular complexity index is 2360. The van der Waals surface area contributed by atoms with E-state index in [4.69, 9.17) is 21.5 Å². The van der Waals surface area contributed by atoms with Gasteiger partial charge in [0.15, 0.2) is 0 Å². The van der Waals surface area contributed by atoms with Crippen molar-refractivity contribution in [3.63, 3.8) is 0 Å². The van der Waals surface area contributed by atoms with Crippen LogP contribution >= 0.6 is 15.9 Å². The number of hydrogen-bond donors (Lipinski definition) is 4. The van der Waals surface area contributed by atoms with Gasteiger partial charge in [0.1, 0.15) is 21.9 Å². The number of nitrogen functional groups attached to an aromatic ring is 2. The first kappa shape index (κ1) is 33.9. The molecule has 8 aromatic rings. The summed E-state index contributed by atoms with van der Waals surface area (Å²) in [6, 6.07) is 47.6. The largest absolute Gasteiger partial charge is 0.488 e. The Kier molecular flexibility index (Phi) is 10.8. The molecular weight excluding hydrogens is 687 g/mol. The molecule has 0 saturated heterocycles. The molecule has 6 aromatic carbocycles. The van der Waals surface area contributed by atoms with Crippen molar-refractivity contribution in [1.29, 1.82) is 0 Å². The highest BCUT2D eigenvalue weighted by atomic mass is 79.9. The van der Waals surface area contributed by atoms with E-state index in [1.807, 2.05) is 103 Å². The molecule has 2 heterocycles. The first-order chi connectivity index (χ1) is 24.4. The molecule has 2 aromatic heterocycles. The molecule has 0 radical (unpaired) electrons. The zero-order valence-electron chi connectivity index (χ0n) is 26.8. The minimum atomic E-state index is -1.38. The molecule has 0 aliphatic carbocycles. The van der Waals surface area contributed by atoms with Crippen molar-refractivity contribution in [2.24, 2.45) is 0 Å². The molecule has 0 aliphatic heterocycles. The predicted octanol–water partition coefficient (Wildman–Crippen LogP) is 7.55. The first-order valence-electron chi connectivity index (χ1n) is 15.7. The standard InChI is InChI=1S/C20H15N3.C10H9BO2.C10H8BrN3/c21-18-13-22-19(20(23-18)15-7-2-1-3-8-15)17-11-10-14-6-4-5-9-16(14)12-17;12-11(13)10-6-5-8-3-1-2-4-9(8)7-10;11-10-9(14-8(12)6-13-10)7-4-2-1-3-5-7/h1-13H,(H2,21,23);1-7,12-13H;1-6H,(H2,12,14). The van der Waals surface area contributed by atoms with E-state index in [1.165, 1.54) is 17.0 Å². The molecule has 0 atom stereocenters. The normalized spacial score (nSPS) is 10.5. The van der Waals surface area contributed by atoms with Gasteiger partial charge in [-0.1, -0.05) is 140 Å². The van der Waals surface area contributed by atoms with E-state index in [9.17, 15) is 0 Å². The van der Waals surface area contributed by atoms with Crippen molar-refractivity contribution >= 4 is 61.7 Å². The summed E-state index contributed by atoms with van der Waals surface area (Å²) in [5, 5.41) is 22.4. The quantitative estimate of drug-likeness (QED) is 0.137. The maximum Gasteiger partial charge on any atom is 0.488 e. The van der Waals surface area contributed by atoms with Gasteiger partial charge in [-0.3, -0.25) is 4.98 Å². The van der Waals surface area contributed by atoms with Gasteiger partial charge in [0, 0.05) is 16.7 Å². The fraction of sp³-hybridized carbons (Fsp3) is 0. The SMILES string of the molecule is Nc1cnc(-c2ccc3ccccc3c2)c(-c2ccccc2)n1.Nc1cnc(Br)c(-c2ccccc2)n1.OB(O)c1ccc2ccccc2c1. The van der Waals surface area contributed by atoms with E-state index in [-0.39, 0.29) is 0 Å². The van der Waals surface area contributed by atoms with Crippen LogP contribution in [0.1, 0.15) is 0 Å². The summed E-state index contributed by atoms with van der Waals surface area (Å²) in [6.45, 7) is 0. The second-order valence-electron chi connectivity index (χ2n) is 11.2. The number of anilines is 2. The molecule has 0 spiro atoms. The summed E-state index contributed by atoms with van der Waals surface area (Å²) in [7, 11) is -1.38. The smallest absolute Gasteiger partial charge is 0.423 e. The van der Waals surface area contributed by atoms with Crippen molar-refractivity contribution in [3.8, 4) is 33.8 Å². The fourth-order valence-corrected chi connectivity index (χ4v) is 5.70. The van der Waals surface area contributed by atoms with Crippen molar-refractivity contribution in [2.45, 2.75) is 0 Å². The van der Waals surface area contributed by atoms with Crippen LogP contribution in [0.5, 0.6) is 0 Å². The molecule has 0 bridgehead atoms. The second kappa shape index (κ2) is 16.0. The predicted molar refractivity (Wildman–Crippen MR) is 208 cm³/mol. The van der Waals surface area contributed by atoms with E-state index in [2.05, 4.69) is 66.2 Å². The molecule has 0 fully saturated rings. The topological polar surface area (TPSA) is 144 Å². The molecule has 8 rings (SSSR count). The third-order valence-corrected chi connectivity index (χ3v) is 8.31. The molecule has 0 amide bonds. The van der Waals surface area contributed by atoms with Gasteiger partial charge in [-0.2, -0.15) is 0 Å². The Morgan fingerprint density at radius 1 is 0.460 bits per heavy atom. The van der Waals surface area contributed by atoms with E-state index >= 15 is 0 Å². The molecule has 50 heavy (non-hydrogen) atoms. The van der Waals surface area contributed by atoms with Crippen molar-refractivity contribution in [2.75, 3.05) is 11.5 Å². The van der Waals surface area contributed by atoms with Gasteiger partial charge in [-0.15, -0.1) is 0 Å². The summed E-state index contributed by atoms with van der Waals surface area (Å²) in [4.78, 5) is 17.4. The number of nitrogens with zero attached hydrogens (tertiary/aromatic N) is 4. The number of aromatic nitrogens is 4. The lowest BCUT2D eigenvalue weighted by atomic mass is 9.79. The van der Waals surface area contributed by atoms with Crippen LogP contribution in [0, 0.1) is 0 Å². The summed E-state index contributed by atoms with van der Waals surface area (Å²) < 4.78 is 0.706. The van der Waals surface area contributed by atoms with Crippen LogP contribution in [-0.4, -0.2) is 37.1 Å². The van der Waals surface area contributed by atoms with Gasteiger partial charge in [-0.25, -0.2) is 15.0 Å². The Labute approximate surface area is 298 Å². The number of rotatable bonds is 4. The van der Waals surface area contributed by atoms with Crippen LogP contribution in [0.3, 0.4) is 0 Å². The van der Waals surface area contributed by atoms with E-state index in [0.717, 1.165) is 44.5 Å². The first-order valence-corrected chi connectivity index (χ1v) is 16.5. The number of nitrogens with two attached hydrogens (primary N) is 2. The lowest BCUT2D eigenvalue weighted by Gasteiger charge is -2.10. The lowest BCUT2D eigenvalue weighted by molar-refractivity contribution is 0.426. The Balaban J connectivity index is 0.000000138. The van der Waals surface area contributed by atoms with E-state index in [1.54, 1.807) is 18.3 Å². The molecular formula is C40H32BBrN6O2. The van der Waals surface area contributed by atoms with Crippen LogP contribution in [0.2, 0.25) is 0 Å². The summed E-state index contributed by atoms with van der Waals surface area (Å²) >= 11 is 3.34. The van der Waals surface area contributed by atoms with Crippen LogP contribution in [0.15, 0.2) is 163 Å². The average molecular weight is 719 g/mol. The summed E-state index contributed by atoms with van der Waals surface area (Å²) in [6.07, 6.45) is 3.13. The Hall–Kier alpha value is -5.94. The zero-order valence-corrected chi connectivity index (χ0v) is 28.4. The van der Waals surface area contributed by atoms with Gasteiger partial charge >= 0.3 is 7.12 Å². The third kappa shape index (κ3) is 8.37. The molecule has 0 saturated carbocycles. The van der Waals surface area contributed by atoms with Gasteiger partial charge in [0.05, 0.1) is 23.8 Å². The second-order valence-corrected chi connectivity index (χ2v) is 12.0. The summed E-state index contributed by atoms with van der Waals surface area (Å²) in [5.41, 5.74) is 17.4. The summed E-state index contributed by atoms with van der Waals surface area (Å²) in [5.74, 6) is 0.848. The highest BCUT2D eigenvalue weighted by Crippen LogP contribution is 2.31. The van der Waals surface area contributed by atoms with Crippen LogP contribution < -0.4 is 16.9 Å². The monoisotopic (exact) mass is 718 g/mol. The Morgan fingerprint density at radius 2 is 0.940 bits per heavy atom. The molecule has 6 N–H and O–H groups in total. The maximum atomic E-state index is 8.94. The van der Waals surface area contributed by atoms with Crippen molar-refractivity contribution in [1.82, 2.24) is 19.9 Å². The van der Waals surface area contributed by atoms with Crippen LogP contribution in [-0.2, 0) is 0 Å². The number of fused-ring (bicyclic) bond motifs is 2. The molecule has 8 nitrogen and oxygen atoms in total. The van der Waals surface area contributed by atoms with Gasteiger partial charge in [-0.05, 0) is 49.0 Å². The minimum absolute atomic E-state index is 0.423. The van der Waals surface area contributed by atoms with Crippen LogP contribution in [0.4, 0.5) is 11.6 Å². The van der Waals surface area contributed by atoms with Gasteiger partial charge in [0.2, 0.25) is 0 Å². The number of benzene rings is 6. The van der Waals surface area contributed by atoms with Crippen molar-refractivity contribution < 1.29 is 10.0 Å². The van der Waals surface area contributed by atoms with Gasteiger partial charge in [0.25, 0.3) is 0 Å². The number of halogens is 1. The molecule has 10 heteroatoms. The Morgan fingerprint density at radius 3 is 1.54 bits per heavy atom. The minimum Gasteiger partial charge on any atom is -0.423 e. The highest BCUT2D eigenvalue weighted by Gasteiger charge is 2.12. The molecule has 244 valence electrons. The molecule has 0 unspecified atom stereocenters. The van der Waals surface area contributed by atoms with E-state index in [0.29, 0.717) is 21.7 Å². The lowest BCUT2D eigenvalue weighted by Crippen LogP contribution is -2.29. The van der Waals surface area contributed by atoms with Crippen LogP contribution in [0.25, 0.3) is 55.3 Å². The zero-order chi connectivity index (χ0) is 34.9. The fourth-order valence-electron chi connectivity index (χ4n) is 5.28. The van der Waals surface area contributed by atoms with Gasteiger partial charge < -0.3 is 21.5 Å². The van der Waals surface area contributed by atoms with Crippen molar-refractivity contribution in [3.05, 3.63) is 163 Å². The highest BCUT2D eigenvalue weighted by molar-refractivity contribution is 9.10. The van der Waals surface area contributed by atoms with E-state index < -0.39 is 7.12 Å². The number of hydrogen-bond acceptors (Lipinski definition) is 8. The third-order valence-electron chi connectivity index (χ3n) is 7.73. The average Bonchev–Trinajstić information content (AvgIpc) is 3.16. The maximum absolute atomic E-state index is 8.94.